The standard InChI is InChI=1S/C18H24N2O3.ClH/c1-2-23-16(21)13-6-8-15(9-7-13)20-17(22)18-10-4-3-5-14(18)11-19-12-18;/h6-9,14,19H,2-5,10-12H2,1H3,(H,20,22);1H/t14-,18+;/m0./s1. The van der Waals surface area contributed by atoms with Gasteiger partial charge >= 0.3 is 5.97 Å². The van der Waals surface area contributed by atoms with Gasteiger partial charge in [0.15, 0.2) is 0 Å². The van der Waals surface area contributed by atoms with Crippen molar-refractivity contribution in [2.75, 3.05) is 25.0 Å². The Labute approximate surface area is 148 Å². The molecule has 1 saturated heterocycles. The number of benzene rings is 1. The van der Waals surface area contributed by atoms with Crippen LogP contribution in [0.3, 0.4) is 0 Å². The quantitative estimate of drug-likeness (QED) is 0.817. The summed E-state index contributed by atoms with van der Waals surface area (Å²) in [5, 5.41) is 6.43. The van der Waals surface area contributed by atoms with Crippen LogP contribution in [0, 0.1) is 11.3 Å². The molecule has 1 aliphatic heterocycles. The van der Waals surface area contributed by atoms with E-state index in [9.17, 15) is 9.59 Å². The van der Waals surface area contributed by atoms with Gasteiger partial charge in [-0.25, -0.2) is 4.79 Å². The number of ether oxygens (including phenoxy) is 1. The van der Waals surface area contributed by atoms with Crippen molar-refractivity contribution >= 4 is 30.0 Å². The van der Waals surface area contributed by atoms with Gasteiger partial charge in [-0.3, -0.25) is 4.79 Å². The van der Waals surface area contributed by atoms with E-state index < -0.39 is 0 Å². The molecule has 6 heteroatoms. The monoisotopic (exact) mass is 352 g/mol. The Kier molecular flexibility index (Phi) is 6.24. The highest BCUT2D eigenvalue weighted by Gasteiger charge is 2.49. The molecule has 0 unspecified atom stereocenters. The summed E-state index contributed by atoms with van der Waals surface area (Å²) in [6.45, 7) is 3.84. The van der Waals surface area contributed by atoms with Crippen molar-refractivity contribution in [3.63, 3.8) is 0 Å². The predicted molar refractivity (Wildman–Crippen MR) is 95.5 cm³/mol. The third kappa shape index (κ3) is 3.57. The Bertz CT molecular complexity index is 590. The molecule has 1 amide bonds. The number of fused-ring (bicyclic) bond motifs is 1. The first-order chi connectivity index (χ1) is 11.2. The Hall–Kier alpha value is -1.59. The second-order valence-corrected chi connectivity index (χ2v) is 6.48. The summed E-state index contributed by atoms with van der Waals surface area (Å²) in [5.74, 6) is 0.211. The highest BCUT2D eigenvalue weighted by molar-refractivity contribution is 5.97. The van der Waals surface area contributed by atoms with Crippen LogP contribution in [0.2, 0.25) is 0 Å². The predicted octanol–water partition coefficient (Wildman–Crippen LogP) is 3.00. The summed E-state index contributed by atoms with van der Waals surface area (Å²) in [5.41, 5.74) is 0.965. The van der Waals surface area contributed by atoms with Gasteiger partial charge in [-0.1, -0.05) is 12.8 Å². The SMILES string of the molecule is CCOC(=O)c1ccc(NC(=O)[C@@]23CCCC[C@H]2CNC3)cc1.Cl. The zero-order valence-corrected chi connectivity index (χ0v) is 14.8. The molecule has 132 valence electrons. The van der Waals surface area contributed by atoms with E-state index in [0.717, 1.165) is 38.0 Å². The number of carbonyl (C=O) groups excluding carboxylic acids is 2. The van der Waals surface area contributed by atoms with Crippen molar-refractivity contribution in [2.45, 2.75) is 32.6 Å². The Morgan fingerprint density at radius 3 is 2.75 bits per heavy atom. The van der Waals surface area contributed by atoms with Crippen LogP contribution < -0.4 is 10.6 Å². The molecule has 1 heterocycles. The smallest absolute Gasteiger partial charge is 0.338 e. The summed E-state index contributed by atoms with van der Waals surface area (Å²) in [6, 6.07) is 6.91. The van der Waals surface area contributed by atoms with E-state index in [0.29, 0.717) is 18.1 Å². The largest absolute Gasteiger partial charge is 0.462 e. The van der Waals surface area contributed by atoms with Crippen LogP contribution in [0.5, 0.6) is 0 Å². The molecular weight excluding hydrogens is 328 g/mol. The first kappa shape index (κ1) is 18.7. The number of amides is 1. The third-order valence-corrected chi connectivity index (χ3v) is 5.14. The molecule has 2 fully saturated rings. The normalized spacial score (nSPS) is 25.3. The first-order valence-corrected chi connectivity index (χ1v) is 8.45. The summed E-state index contributed by atoms with van der Waals surface area (Å²) in [6.07, 6.45) is 4.42. The van der Waals surface area contributed by atoms with Gasteiger partial charge in [-0.05, 0) is 56.5 Å². The highest BCUT2D eigenvalue weighted by Crippen LogP contribution is 2.44. The van der Waals surface area contributed by atoms with Crippen molar-refractivity contribution in [3.8, 4) is 0 Å². The van der Waals surface area contributed by atoms with Crippen LogP contribution >= 0.6 is 12.4 Å². The van der Waals surface area contributed by atoms with Crippen LogP contribution in [-0.2, 0) is 9.53 Å². The molecule has 0 spiro atoms. The molecule has 0 aromatic heterocycles. The zero-order valence-electron chi connectivity index (χ0n) is 14.0. The lowest BCUT2D eigenvalue weighted by Gasteiger charge is -2.37. The molecule has 24 heavy (non-hydrogen) atoms. The second-order valence-electron chi connectivity index (χ2n) is 6.48. The molecule has 1 aromatic carbocycles. The van der Waals surface area contributed by atoms with Gasteiger partial charge in [0.2, 0.25) is 5.91 Å². The van der Waals surface area contributed by atoms with Crippen LogP contribution in [-0.4, -0.2) is 31.6 Å². The molecule has 5 nitrogen and oxygen atoms in total. The summed E-state index contributed by atoms with van der Waals surface area (Å²) < 4.78 is 4.97. The van der Waals surface area contributed by atoms with Gasteiger partial charge in [0, 0.05) is 12.2 Å². The Morgan fingerprint density at radius 1 is 1.29 bits per heavy atom. The Morgan fingerprint density at radius 2 is 2.04 bits per heavy atom. The topological polar surface area (TPSA) is 67.4 Å². The second kappa shape index (κ2) is 7.99. The number of halogens is 1. The van der Waals surface area contributed by atoms with E-state index in [4.69, 9.17) is 4.74 Å². The number of nitrogens with one attached hydrogen (secondary N) is 2. The third-order valence-electron chi connectivity index (χ3n) is 5.14. The minimum atomic E-state index is -0.337. The maximum atomic E-state index is 12.8. The van der Waals surface area contributed by atoms with E-state index in [2.05, 4.69) is 10.6 Å². The van der Waals surface area contributed by atoms with Crippen LogP contribution in [0.1, 0.15) is 43.0 Å². The summed E-state index contributed by atoms with van der Waals surface area (Å²) >= 11 is 0. The van der Waals surface area contributed by atoms with Gasteiger partial charge in [-0.2, -0.15) is 0 Å². The van der Waals surface area contributed by atoms with E-state index >= 15 is 0 Å². The fourth-order valence-corrected chi connectivity index (χ4v) is 3.85. The van der Waals surface area contributed by atoms with Crippen LogP contribution in [0.4, 0.5) is 5.69 Å². The van der Waals surface area contributed by atoms with Gasteiger partial charge in [0.1, 0.15) is 0 Å². The van der Waals surface area contributed by atoms with Crippen LogP contribution in [0.25, 0.3) is 0 Å². The molecule has 1 aliphatic carbocycles. The van der Waals surface area contributed by atoms with Crippen molar-refractivity contribution < 1.29 is 14.3 Å². The van der Waals surface area contributed by atoms with E-state index in [1.807, 2.05) is 0 Å². The molecule has 2 aliphatic rings. The van der Waals surface area contributed by atoms with Gasteiger partial charge < -0.3 is 15.4 Å². The molecule has 0 radical (unpaired) electrons. The van der Waals surface area contributed by atoms with Crippen molar-refractivity contribution in [3.05, 3.63) is 29.8 Å². The van der Waals surface area contributed by atoms with Crippen molar-refractivity contribution in [1.82, 2.24) is 5.32 Å². The van der Waals surface area contributed by atoms with Gasteiger partial charge in [-0.15, -0.1) is 12.4 Å². The lowest BCUT2D eigenvalue weighted by atomic mass is 9.67. The fraction of sp³-hybridized carbons (Fsp3) is 0.556. The zero-order chi connectivity index (χ0) is 16.3. The maximum Gasteiger partial charge on any atom is 0.338 e. The van der Waals surface area contributed by atoms with E-state index in [1.165, 1.54) is 6.42 Å². The average molecular weight is 353 g/mol. The maximum absolute atomic E-state index is 12.8. The average Bonchev–Trinajstić information content (AvgIpc) is 3.01. The number of anilines is 1. The lowest BCUT2D eigenvalue weighted by Crippen LogP contribution is -2.44. The number of rotatable bonds is 4. The molecule has 1 saturated carbocycles. The molecule has 2 atom stereocenters. The highest BCUT2D eigenvalue weighted by atomic mass is 35.5. The number of carbonyl (C=O) groups is 2. The van der Waals surface area contributed by atoms with Gasteiger partial charge in [0.05, 0.1) is 17.6 Å². The number of hydrogen-bond acceptors (Lipinski definition) is 4. The summed E-state index contributed by atoms with van der Waals surface area (Å²) in [4.78, 5) is 24.5. The first-order valence-electron chi connectivity index (χ1n) is 8.45. The summed E-state index contributed by atoms with van der Waals surface area (Å²) in [7, 11) is 0. The van der Waals surface area contributed by atoms with Gasteiger partial charge in [0.25, 0.3) is 0 Å². The number of esters is 1. The minimum Gasteiger partial charge on any atom is -0.462 e. The van der Waals surface area contributed by atoms with E-state index in [1.54, 1.807) is 31.2 Å². The lowest BCUT2D eigenvalue weighted by molar-refractivity contribution is -0.128. The molecule has 0 bridgehead atoms. The van der Waals surface area contributed by atoms with Crippen molar-refractivity contribution in [2.24, 2.45) is 11.3 Å². The number of hydrogen-bond donors (Lipinski definition) is 2. The van der Waals surface area contributed by atoms with Crippen LogP contribution in [0.15, 0.2) is 24.3 Å². The fourth-order valence-electron chi connectivity index (χ4n) is 3.85. The van der Waals surface area contributed by atoms with E-state index in [-0.39, 0.29) is 29.7 Å². The molecular formula is C18H25ClN2O3. The minimum absolute atomic E-state index is 0. The molecule has 3 rings (SSSR count). The molecule has 1 aromatic rings. The Balaban J connectivity index is 0.00000208. The van der Waals surface area contributed by atoms with Crippen molar-refractivity contribution in [1.29, 1.82) is 0 Å². The molecule has 2 N–H and O–H groups in total.